The van der Waals surface area contributed by atoms with Gasteiger partial charge in [0.2, 0.25) is 0 Å². The first-order chi connectivity index (χ1) is 12.2. The van der Waals surface area contributed by atoms with E-state index >= 15 is 0 Å². The van der Waals surface area contributed by atoms with Gasteiger partial charge >= 0.3 is 0 Å². The van der Waals surface area contributed by atoms with Gasteiger partial charge in [0.15, 0.2) is 5.96 Å². The second-order valence-corrected chi connectivity index (χ2v) is 6.81. The maximum atomic E-state index is 9.01. The van der Waals surface area contributed by atoms with Crippen molar-refractivity contribution in [3.05, 3.63) is 35.4 Å². The lowest BCUT2D eigenvalue weighted by atomic mass is 9.83. The average molecular weight is 342 g/mol. The van der Waals surface area contributed by atoms with Gasteiger partial charge < -0.3 is 15.4 Å². The minimum atomic E-state index is 0.326. The summed E-state index contributed by atoms with van der Waals surface area (Å²) in [5.74, 6) is 0.841. The highest BCUT2D eigenvalue weighted by Crippen LogP contribution is 2.40. The van der Waals surface area contributed by atoms with E-state index in [1.54, 1.807) is 7.11 Å². The molecule has 0 unspecified atom stereocenters. The molecule has 0 amide bonds. The molecule has 1 aliphatic carbocycles. The molecule has 136 valence electrons. The normalized spacial score (nSPS) is 16.4. The number of nitriles is 1. The van der Waals surface area contributed by atoms with Crippen molar-refractivity contribution in [3.8, 4) is 6.07 Å². The zero-order valence-corrected chi connectivity index (χ0v) is 15.5. The molecule has 0 radical (unpaired) electrons. The molecule has 0 aromatic heterocycles. The standard InChI is InChI=1S/C20H30N4O/c1-3-22-19(23-15-18-8-6-7-17(13-18)14-21)24-16-20(11-12-25-2)9-4-5-10-20/h6-8,13H,3-5,9-12,15-16H2,1-2H3,(H2,22,23,24). The van der Waals surface area contributed by atoms with Gasteiger partial charge in [-0.25, -0.2) is 4.99 Å². The van der Waals surface area contributed by atoms with Crippen LogP contribution in [-0.2, 0) is 11.3 Å². The van der Waals surface area contributed by atoms with Gasteiger partial charge in [0.05, 0.1) is 18.2 Å². The Morgan fingerprint density at radius 1 is 1.32 bits per heavy atom. The molecule has 5 heteroatoms. The molecular weight excluding hydrogens is 312 g/mol. The summed E-state index contributed by atoms with van der Waals surface area (Å²) in [7, 11) is 1.77. The Bertz CT molecular complexity index is 600. The SMILES string of the molecule is CCNC(=NCc1cccc(C#N)c1)NCC1(CCOC)CCCC1. The Kier molecular flexibility index (Phi) is 7.75. The van der Waals surface area contributed by atoms with E-state index in [1.165, 1.54) is 25.7 Å². The lowest BCUT2D eigenvalue weighted by Crippen LogP contribution is -2.43. The molecule has 0 bridgehead atoms. The van der Waals surface area contributed by atoms with Gasteiger partial charge in [-0.15, -0.1) is 0 Å². The van der Waals surface area contributed by atoms with Gasteiger partial charge in [-0.1, -0.05) is 25.0 Å². The number of benzene rings is 1. The first-order valence-corrected chi connectivity index (χ1v) is 9.21. The second kappa shape index (κ2) is 10.0. The Hall–Kier alpha value is -2.06. The fourth-order valence-corrected chi connectivity index (χ4v) is 3.48. The van der Waals surface area contributed by atoms with E-state index in [-0.39, 0.29) is 0 Å². The van der Waals surface area contributed by atoms with E-state index in [1.807, 2.05) is 24.3 Å². The molecule has 0 atom stereocenters. The predicted octanol–water partition coefficient (Wildman–Crippen LogP) is 3.21. The van der Waals surface area contributed by atoms with Gasteiger partial charge in [0.1, 0.15) is 0 Å². The van der Waals surface area contributed by atoms with E-state index in [2.05, 4.69) is 28.6 Å². The van der Waals surface area contributed by atoms with Crippen molar-refractivity contribution in [1.29, 1.82) is 5.26 Å². The van der Waals surface area contributed by atoms with Crippen LogP contribution in [0.2, 0.25) is 0 Å². The molecule has 5 nitrogen and oxygen atoms in total. The molecule has 1 fully saturated rings. The molecule has 1 aromatic carbocycles. The van der Waals surface area contributed by atoms with Crippen LogP contribution in [0.25, 0.3) is 0 Å². The maximum absolute atomic E-state index is 9.01. The van der Waals surface area contributed by atoms with Crippen molar-refractivity contribution in [2.24, 2.45) is 10.4 Å². The van der Waals surface area contributed by atoms with Crippen LogP contribution in [-0.4, -0.2) is 32.8 Å². The molecule has 2 rings (SSSR count). The van der Waals surface area contributed by atoms with Crippen LogP contribution in [0.15, 0.2) is 29.3 Å². The van der Waals surface area contributed by atoms with Crippen molar-refractivity contribution in [1.82, 2.24) is 10.6 Å². The number of ether oxygens (including phenoxy) is 1. The highest BCUT2D eigenvalue weighted by Gasteiger charge is 2.33. The summed E-state index contributed by atoms with van der Waals surface area (Å²) in [6.45, 7) is 5.21. The largest absolute Gasteiger partial charge is 0.385 e. The molecule has 0 aliphatic heterocycles. The molecule has 1 aliphatic rings. The van der Waals surface area contributed by atoms with Gasteiger partial charge in [-0.2, -0.15) is 5.26 Å². The van der Waals surface area contributed by atoms with Gasteiger partial charge in [-0.05, 0) is 49.3 Å². The van der Waals surface area contributed by atoms with Gasteiger partial charge in [-0.3, -0.25) is 0 Å². The molecular formula is C20H30N4O. The predicted molar refractivity (Wildman–Crippen MR) is 101 cm³/mol. The summed E-state index contributed by atoms with van der Waals surface area (Å²) in [5, 5.41) is 15.9. The van der Waals surface area contributed by atoms with Crippen molar-refractivity contribution in [2.45, 2.75) is 45.6 Å². The molecule has 2 N–H and O–H groups in total. The van der Waals surface area contributed by atoms with Crippen LogP contribution in [0.1, 0.15) is 50.2 Å². The Morgan fingerprint density at radius 2 is 2.12 bits per heavy atom. The number of hydrogen-bond acceptors (Lipinski definition) is 3. The van der Waals surface area contributed by atoms with Crippen LogP contribution in [0.4, 0.5) is 0 Å². The van der Waals surface area contributed by atoms with Crippen LogP contribution < -0.4 is 10.6 Å². The fraction of sp³-hybridized carbons (Fsp3) is 0.600. The number of hydrogen-bond donors (Lipinski definition) is 2. The third-order valence-corrected chi connectivity index (χ3v) is 4.95. The zero-order valence-electron chi connectivity index (χ0n) is 15.5. The van der Waals surface area contributed by atoms with Crippen molar-refractivity contribution < 1.29 is 4.74 Å². The van der Waals surface area contributed by atoms with E-state index in [0.717, 1.165) is 37.6 Å². The highest BCUT2D eigenvalue weighted by atomic mass is 16.5. The number of aliphatic imine (C=N–C) groups is 1. The summed E-state index contributed by atoms with van der Waals surface area (Å²) in [6, 6.07) is 9.79. The van der Waals surface area contributed by atoms with E-state index < -0.39 is 0 Å². The van der Waals surface area contributed by atoms with Crippen molar-refractivity contribution >= 4 is 5.96 Å². The number of rotatable bonds is 8. The van der Waals surface area contributed by atoms with Crippen LogP contribution in [0.3, 0.4) is 0 Å². The third-order valence-electron chi connectivity index (χ3n) is 4.95. The smallest absolute Gasteiger partial charge is 0.191 e. The van der Waals surface area contributed by atoms with Gasteiger partial charge in [0.25, 0.3) is 0 Å². The van der Waals surface area contributed by atoms with Crippen LogP contribution in [0.5, 0.6) is 0 Å². The lowest BCUT2D eigenvalue weighted by Gasteiger charge is -2.30. The van der Waals surface area contributed by atoms with E-state index in [4.69, 9.17) is 10.00 Å². The number of nitrogens with one attached hydrogen (secondary N) is 2. The summed E-state index contributed by atoms with van der Waals surface area (Å²) in [6.07, 6.45) is 6.22. The molecule has 0 heterocycles. The number of guanidine groups is 1. The molecule has 1 aromatic rings. The topological polar surface area (TPSA) is 69.4 Å². The summed E-state index contributed by atoms with van der Waals surface area (Å²) in [4.78, 5) is 4.69. The first kappa shape index (κ1) is 19.3. The fourth-order valence-electron chi connectivity index (χ4n) is 3.48. The Balaban J connectivity index is 1.97. The van der Waals surface area contributed by atoms with Crippen molar-refractivity contribution in [3.63, 3.8) is 0 Å². The minimum absolute atomic E-state index is 0.326. The maximum Gasteiger partial charge on any atom is 0.191 e. The second-order valence-electron chi connectivity index (χ2n) is 6.81. The number of methoxy groups -OCH3 is 1. The number of nitrogens with zero attached hydrogens (tertiary/aromatic N) is 2. The molecule has 1 saturated carbocycles. The van der Waals surface area contributed by atoms with E-state index in [0.29, 0.717) is 17.5 Å². The minimum Gasteiger partial charge on any atom is -0.385 e. The zero-order chi connectivity index (χ0) is 18.0. The Labute approximate surface area is 151 Å². The average Bonchev–Trinajstić information content (AvgIpc) is 3.11. The van der Waals surface area contributed by atoms with Gasteiger partial charge in [0, 0.05) is 26.8 Å². The monoisotopic (exact) mass is 342 g/mol. The quantitative estimate of drug-likeness (QED) is 0.562. The molecule has 25 heavy (non-hydrogen) atoms. The Morgan fingerprint density at radius 3 is 2.80 bits per heavy atom. The molecule has 0 spiro atoms. The molecule has 0 saturated heterocycles. The summed E-state index contributed by atoms with van der Waals surface area (Å²) in [5.41, 5.74) is 2.05. The van der Waals surface area contributed by atoms with Crippen LogP contribution >= 0.6 is 0 Å². The highest BCUT2D eigenvalue weighted by molar-refractivity contribution is 5.79. The van der Waals surface area contributed by atoms with E-state index in [9.17, 15) is 0 Å². The van der Waals surface area contributed by atoms with Crippen molar-refractivity contribution in [2.75, 3.05) is 26.8 Å². The van der Waals surface area contributed by atoms with Crippen LogP contribution in [0, 0.1) is 16.7 Å². The summed E-state index contributed by atoms with van der Waals surface area (Å²) >= 11 is 0. The summed E-state index contributed by atoms with van der Waals surface area (Å²) < 4.78 is 5.31. The first-order valence-electron chi connectivity index (χ1n) is 9.21. The lowest BCUT2D eigenvalue weighted by molar-refractivity contribution is 0.138. The third kappa shape index (κ3) is 6.06.